The van der Waals surface area contributed by atoms with Gasteiger partial charge in [-0.2, -0.15) is 0 Å². The number of carbonyl (C=O) groups excluding carboxylic acids is 2. The Bertz CT molecular complexity index is 549. The van der Waals surface area contributed by atoms with E-state index in [1.54, 1.807) is 19.2 Å². The normalized spacial score (nSPS) is 13.8. The molecule has 21 heavy (non-hydrogen) atoms. The lowest BCUT2D eigenvalue weighted by Crippen LogP contribution is -2.39. The van der Waals surface area contributed by atoms with Gasteiger partial charge in [0.2, 0.25) is 11.8 Å². The molecule has 1 aliphatic carbocycles. The SMILES string of the molecule is CN(CC(=O)NC1CC1)C(=O)CSc1ccc(N)cc1Br. The van der Waals surface area contributed by atoms with E-state index in [1.807, 2.05) is 6.07 Å². The molecule has 0 radical (unpaired) electrons. The van der Waals surface area contributed by atoms with Crippen LogP contribution in [0, 0.1) is 0 Å². The third kappa shape index (κ3) is 5.24. The molecule has 7 heteroatoms. The summed E-state index contributed by atoms with van der Waals surface area (Å²) in [6.07, 6.45) is 2.09. The van der Waals surface area contributed by atoms with Crippen molar-refractivity contribution in [3.05, 3.63) is 22.7 Å². The molecule has 0 spiro atoms. The number of nitrogens with two attached hydrogens (primary N) is 1. The minimum atomic E-state index is -0.0907. The molecule has 1 aromatic rings. The predicted octanol–water partition coefficient (Wildman–Crippen LogP) is 1.86. The zero-order valence-electron chi connectivity index (χ0n) is 11.8. The number of amides is 2. The third-order valence-electron chi connectivity index (χ3n) is 3.06. The van der Waals surface area contributed by atoms with Gasteiger partial charge in [0.15, 0.2) is 0 Å². The van der Waals surface area contributed by atoms with Crippen molar-refractivity contribution in [2.24, 2.45) is 0 Å². The number of hydrogen-bond donors (Lipinski definition) is 2. The lowest BCUT2D eigenvalue weighted by molar-refractivity contribution is -0.132. The number of benzene rings is 1. The minimum absolute atomic E-state index is 0.0744. The molecule has 3 N–H and O–H groups in total. The van der Waals surface area contributed by atoms with Crippen molar-refractivity contribution in [2.75, 3.05) is 25.1 Å². The number of carbonyl (C=O) groups is 2. The average Bonchev–Trinajstić information content (AvgIpc) is 3.21. The number of likely N-dealkylation sites (N-methyl/N-ethyl adjacent to an activating group) is 1. The van der Waals surface area contributed by atoms with Crippen molar-refractivity contribution < 1.29 is 9.59 Å². The lowest BCUT2D eigenvalue weighted by Gasteiger charge is -2.16. The topological polar surface area (TPSA) is 75.4 Å². The Kier molecular flexibility index (Phi) is 5.52. The first kappa shape index (κ1) is 16.2. The molecule has 1 aliphatic rings. The maximum absolute atomic E-state index is 12.0. The van der Waals surface area contributed by atoms with Crippen LogP contribution in [0.25, 0.3) is 0 Å². The van der Waals surface area contributed by atoms with E-state index in [4.69, 9.17) is 5.73 Å². The summed E-state index contributed by atoms with van der Waals surface area (Å²) in [5.41, 5.74) is 6.35. The Morgan fingerprint density at radius 1 is 1.48 bits per heavy atom. The molecule has 2 rings (SSSR count). The number of anilines is 1. The Hall–Kier alpha value is -1.21. The monoisotopic (exact) mass is 371 g/mol. The van der Waals surface area contributed by atoms with Gasteiger partial charge in [-0.3, -0.25) is 9.59 Å². The van der Waals surface area contributed by atoms with Gasteiger partial charge in [-0.15, -0.1) is 11.8 Å². The van der Waals surface area contributed by atoms with E-state index < -0.39 is 0 Å². The van der Waals surface area contributed by atoms with Gasteiger partial charge in [-0.25, -0.2) is 0 Å². The van der Waals surface area contributed by atoms with E-state index in [9.17, 15) is 9.59 Å². The van der Waals surface area contributed by atoms with Crippen LogP contribution < -0.4 is 11.1 Å². The van der Waals surface area contributed by atoms with Gasteiger partial charge in [-0.05, 0) is 47.0 Å². The number of nitrogens with one attached hydrogen (secondary N) is 1. The molecule has 1 saturated carbocycles. The highest BCUT2D eigenvalue weighted by atomic mass is 79.9. The number of nitrogens with zero attached hydrogens (tertiary/aromatic N) is 1. The quantitative estimate of drug-likeness (QED) is 0.591. The van der Waals surface area contributed by atoms with E-state index in [0.29, 0.717) is 11.7 Å². The first-order valence-corrected chi connectivity index (χ1v) is 8.44. The fourth-order valence-electron chi connectivity index (χ4n) is 1.69. The summed E-state index contributed by atoms with van der Waals surface area (Å²) in [5, 5.41) is 2.87. The summed E-state index contributed by atoms with van der Waals surface area (Å²) in [6.45, 7) is 0.110. The maximum Gasteiger partial charge on any atom is 0.239 e. The van der Waals surface area contributed by atoms with Crippen LogP contribution in [-0.4, -0.2) is 42.1 Å². The van der Waals surface area contributed by atoms with Crippen LogP contribution in [0.15, 0.2) is 27.6 Å². The Balaban J connectivity index is 1.78. The molecule has 0 aromatic heterocycles. The molecule has 114 valence electrons. The maximum atomic E-state index is 12.0. The average molecular weight is 372 g/mol. The molecule has 0 unspecified atom stereocenters. The second-order valence-electron chi connectivity index (χ2n) is 5.07. The fraction of sp³-hybridized carbons (Fsp3) is 0.429. The van der Waals surface area contributed by atoms with Gasteiger partial charge in [0.25, 0.3) is 0 Å². The first-order valence-electron chi connectivity index (χ1n) is 6.67. The van der Waals surface area contributed by atoms with E-state index in [-0.39, 0.29) is 24.1 Å². The molecule has 0 heterocycles. The van der Waals surface area contributed by atoms with Crippen molar-refractivity contribution in [2.45, 2.75) is 23.8 Å². The van der Waals surface area contributed by atoms with Crippen molar-refractivity contribution in [3.8, 4) is 0 Å². The zero-order chi connectivity index (χ0) is 15.4. The number of hydrogen-bond acceptors (Lipinski definition) is 4. The molecular formula is C14H18BrN3O2S. The third-order valence-corrected chi connectivity index (χ3v) is 5.03. The van der Waals surface area contributed by atoms with Crippen LogP contribution in [0.3, 0.4) is 0 Å². The predicted molar refractivity (Wildman–Crippen MR) is 88.1 cm³/mol. The largest absolute Gasteiger partial charge is 0.399 e. The van der Waals surface area contributed by atoms with Crippen LogP contribution in [0.5, 0.6) is 0 Å². The van der Waals surface area contributed by atoms with E-state index in [2.05, 4.69) is 21.2 Å². The molecule has 0 saturated heterocycles. The van der Waals surface area contributed by atoms with Crippen molar-refractivity contribution in [1.82, 2.24) is 10.2 Å². The van der Waals surface area contributed by atoms with Crippen LogP contribution in [-0.2, 0) is 9.59 Å². The highest BCUT2D eigenvalue weighted by Gasteiger charge is 2.24. The van der Waals surface area contributed by atoms with Gasteiger partial charge in [0.1, 0.15) is 0 Å². The molecule has 1 aromatic carbocycles. The molecule has 0 atom stereocenters. The molecular weight excluding hydrogens is 354 g/mol. The summed E-state index contributed by atoms with van der Waals surface area (Å²) in [4.78, 5) is 26.1. The second-order valence-corrected chi connectivity index (χ2v) is 6.94. The standard InChI is InChI=1S/C14H18BrN3O2S/c1-18(7-13(19)17-10-3-4-10)14(20)8-21-12-5-2-9(16)6-11(12)15/h2,5-6,10H,3-4,7-8,16H2,1H3,(H,17,19). The van der Waals surface area contributed by atoms with Gasteiger partial charge in [-0.1, -0.05) is 0 Å². The van der Waals surface area contributed by atoms with Gasteiger partial charge >= 0.3 is 0 Å². The number of halogens is 1. The Morgan fingerprint density at radius 3 is 2.81 bits per heavy atom. The summed E-state index contributed by atoms with van der Waals surface area (Å²) < 4.78 is 0.870. The van der Waals surface area contributed by atoms with Crippen molar-refractivity contribution in [1.29, 1.82) is 0 Å². The van der Waals surface area contributed by atoms with E-state index >= 15 is 0 Å². The summed E-state index contributed by atoms with van der Waals surface area (Å²) in [7, 11) is 1.65. The van der Waals surface area contributed by atoms with E-state index in [0.717, 1.165) is 22.2 Å². The molecule has 1 fully saturated rings. The van der Waals surface area contributed by atoms with Crippen LogP contribution in [0.2, 0.25) is 0 Å². The molecule has 2 amide bonds. The summed E-state index contributed by atoms with van der Waals surface area (Å²) in [5.74, 6) is 0.122. The van der Waals surface area contributed by atoms with Crippen LogP contribution in [0.1, 0.15) is 12.8 Å². The lowest BCUT2D eigenvalue weighted by atomic mass is 10.3. The van der Waals surface area contributed by atoms with Crippen molar-refractivity contribution >= 4 is 45.2 Å². The molecule has 0 aliphatic heterocycles. The summed E-state index contributed by atoms with van der Waals surface area (Å²) in [6, 6.07) is 5.79. The minimum Gasteiger partial charge on any atom is -0.399 e. The molecule has 0 bridgehead atoms. The fourth-order valence-corrected chi connectivity index (χ4v) is 3.29. The number of thioether (sulfide) groups is 1. The highest BCUT2D eigenvalue weighted by molar-refractivity contribution is 9.10. The van der Waals surface area contributed by atoms with Crippen LogP contribution >= 0.6 is 27.7 Å². The molecule has 5 nitrogen and oxygen atoms in total. The van der Waals surface area contributed by atoms with Crippen molar-refractivity contribution in [3.63, 3.8) is 0 Å². The first-order chi connectivity index (χ1) is 9.95. The Labute approximate surface area is 136 Å². The highest BCUT2D eigenvalue weighted by Crippen LogP contribution is 2.29. The number of nitrogen functional groups attached to an aromatic ring is 1. The summed E-state index contributed by atoms with van der Waals surface area (Å²) >= 11 is 4.84. The zero-order valence-corrected chi connectivity index (χ0v) is 14.2. The second kappa shape index (κ2) is 7.17. The van der Waals surface area contributed by atoms with Crippen LogP contribution in [0.4, 0.5) is 5.69 Å². The Morgan fingerprint density at radius 2 is 2.19 bits per heavy atom. The van der Waals surface area contributed by atoms with Gasteiger partial charge in [0.05, 0.1) is 12.3 Å². The smallest absolute Gasteiger partial charge is 0.239 e. The van der Waals surface area contributed by atoms with Gasteiger partial charge < -0.3 is 16.0 Å². The number of rotatable bonds is 6. The van der Waals surface area contributed by atoms with E-state index in [1.165, 1.54) is 16.7 Å². The van der Waals surface area contributed by atoms with Gasteiger partial charge in [0, 0.05) is 28.1 Å².